The largest absolute Gasteiger partial charge is 0.383 e. The molecule has 3 N–H and O–H groups in total. The predicted molar refractivity (Wildman–Crippen MR) is 93.9 cm³/mol. The number of hydrogen-bond acceptors (Lipinski definition) is 4. The number of carbonyl (C=O) groups excluding carboxylic acids is 3. The van der Waals surface area contributed by atoms with Gasteiger partial charge in [-0.1, -0.05) is 31.9 Å². The van der Waals surface area contributed by atoms with Gasteiger partial charge in [0.2, 0.25) is 5.91 Å². The van der Waals surface area contributed by atoms with Gasteiger partial charge in [-0.05, 0) is 32.6 Å². The average Bonchev–Trinajstić information content (AvgIpc) is 2.54. The molecule has 0 unspecified atom stereocenters. The summed E-state index contributed by atoms with van der Waals surface area (Å²) in [5, 5.41) is 4.15. The summed E-state index contributed by atoms with van der Waals surface area (Å²) in [7, 11) is 3.81. The number of nitrogens with two attached hydrogens (primary N) is 1. The van der Waals surface area contributed by atoms with Gasteiger partial charge in [-0.15, -0.1) is 0 Å². The molecule has 1 aromatic carbocycles. The Kier molecular flexibility index (Phi) is 8.89. The Morgan fingerprint density at radius 1 is 1.12 bits per heavy atom. The number of hydrogen-bond donors (Lipinski definition) is 2. The second kappa shape index (κ2) is 10.7. The standard InChI is InChI=1S/C18H27N3O3/c1-4-5-6-11-16(22)20-15-10-8-7-9-14(15)17(23)18(24)19-12-13-21(2)3/h7-10H,4-6,11-13H2,1-3H3,(H,19,24)(H,20,22)/p+1. The molecule has 0 radical (unpaired) electrons. The molecule has 6 nitrogen and oxygen atoms in total. The number of nitrogens with zero attached hydrogens (tertiary/aromatic N) is 1. The lowest BCUT2D eigenvalue weighted by Crippen LogP contribution is -2.91. The first-order valence-electron chi connectivity index (χ1n) is 8.41. The highest BCUT2D eigenvalue weighted by Crippen LogP contribution is 2.16. The van der Waals surface area contributed by atoms with Crippen molar-refractivity contribution in [2.75, 3.05) is 32.5 Å². The van der Waals surface area contributed by atoms with E-state index in [0.29, 0.717) is 25.2 Å². The van der Waals surface area contributed by atoms with Crippen LogP contribution < -0.4 is 10.6 Å². The number of unbranched alkanes of at least 4 members (excludes halogenated alkanes) is 2. The van der Waals surface area contributed by atoms with E-state index in [1.54, 1.807) is 24.3 Å². The molecule has 6 heteroatoms. The third kappa shape index (κ3) is 7.02. The van der Waals surface area contributed by atoms with E-state index in [2.05, 4.69) is 12.2 Å². The SMILES string of the molecule is CCCCCC(=O)Nc1ccccc1C(=O)C(=O)[NH2+]CCN(C)C. The quantitative estimate of drug-likeness (QED) is 0.380. The maximum atomic E-state index is 12.3. The Balaban J connectivity index is 2.69. The van der Waals surface area contributed by atoms with Gasteiger partial charge in [-0.3, -0.25) is 14.9 Å². The van der Waals surface area contributed by atoms with Crippen molar-refractivity contribution < 1.29 is 19.7 Å². The second-order valence-electron chi connectivity index (χ2n) is 6.04. The van der Waals surface area contributed by atoms with Crippen LogP contribution in [0.1, 0.15) is 43.0 Å². The van der Waals surface area contributed by atoms with Crippen molar-refractivity contribution >= 4 is 23.3 Å². The van der Waals surface area contributed by atoms with Crippen molar-refractivity contribution in [2.45, 2.75) is 32.6 Å². The lowest BCUT2D eigenvalue weighted by atomic mass is 10.1. The Morgan fingerprint density at radius 3 is 2.50 bits per heavy atom. The molecule has 0 bridgehead atoms. The first kappa shape index (κ1) is 20.0. The van der Waals surface area contributed by atoms with Crippen molar-refractivity contribution in [2.24, 2.45) is 0 Å². The molecule has 0 atom stereocenters. The number of benzene rings is 1. The van der Waals surface area contributed by atoms with Crippen LogP contribution in [0, 0.1) is 0 Å². The van der Waals surface area contributed by atoms with Crippen LogP contribution in [-0.2, 0) is 9.59 Å². The van der Waals surface area contributed by atoms with Gasteiger partial charge in [-0.25, -0.2) is 4.79 Å². The lowest BCUT2D eigenvalue weighted by Gasteiger charge is -2.10. The van der Waals surface area contributed by atoms with Crippen LogP contribution in [0.2, 0.25) is 0 Å². The summed E-state index contributed by atoms with van der Waals surface area (Å²) in [6.45, 7) is 3.29. The molecule has 0 aliphatic carbocycles. The van der Waals surface area contributed by atoms with E-state index in [1.165, 1.54) is 5.32 Å². The summed E-state index contributed by atoms with van der Waals surface area (Å²) >= 11 is 0. The fourth-order valence-electron chi connectivity index (χ4n) is 2.22. The van der Waals surface area contributed by atoms with Crippen LogP contribution >= 0.6 is 0 Å². The lowest BCUT2D eigenvalue weighted by molar-refractivity contribution is -0.562. The highest BCUT2D eigenvalue weighted by atomic mass is 16.2. The smallest absolute Gasteiger partial charge is 0.325 e. The first-order chi connectivity index (χ1) is 11.5. The molecule has 0 spiro atoms. The minimum atomic E-state index is -0.585. The number of Topliss-reactive ketones (excluding diaryl/α,β-unsaturated/α-hetero) is 1. The molecule has 132 valence electrons. The summed E-state index contributed by atoms with van der Waals surface area (Å²) in [4.78, 5) is 38.3. The first-order valence-corrected chi connectivity index (χ1v) is 8.41. The molecule has 1 rings (SSSR count). The van der Waals surface area contributed by atoms with E-state index >= 15 is 0 Å². The monoisotopic (exact) mass is 334 g/mol. The summed E-state index contributed by atoms with van der Waals surface area (Å²) in [5.74, 6) is -1.25. The number of amides is 2. The molecular formula is C18H28N3O3+. The molecule has 1 aromatic rings. The summed E-state index contributed by atoms with van der Waals surface area (Å²) in [5.41, 5.74) is 0.644. The van der Waals surface area contributed by atoms with Crippen LogP contribution in [0.3, 0.4) is 0 Å². The number of rotatable bonds is 10. The Labute approximate surface area is 143 Å². The molecule has 0 aliphatic rings. The predicted octanol–water partition coefficient (Wildman–Crippen LogP) is 1.04. The zero-order valence-electron chi connectivity index (χ0n) is 14.8. The second-order valence-corrected chi connectivity index (χ2v) is 6.04. The van der Waals surface area contributed by atoms with Gasteiger partial charge in [0.05, 0.1) is 17.8 Å². The van der Waals surface area contributed by atoms with Crippen LogP contribution in [0.15, 0.2) is 24.3 Å². The average molecular weight is 334 g/mol. The van der Waals surface area contributed by atoms with Crippen LogP contribution in [-0.4, -0.2) is 49.7 Å². The minimum absolute atomic E-state index is 0.132. The van der Waals surface area contributed by atoms with Crippen LogP contribution in [0.25, 0.3) is 0 Å². The third-order valence-corrected chi connectivity index (χ3v) is 3.58. The fraction of sp³-hybridized carbons (Fsp3) is 0.500. The molecule has 0 saturated carbocycles. The van der Waals surface area contributed by atoms with E-state index < -0.39 is 11.7 Å². The molecule has 0 saturated heterocycles. The number of primary amides is 1. The third-order valence-electron chi connectivity index (χ3n) is 3.58. The van der Waals surface area contributed by atoms with E-state index in [1.807, 2.05) is 19.0 Å². The van der Waals surface area contributed by atoms with E-state index in [4.69, 9.17) is 0 Å². The van der Waals surface area contributed by atoms with Gasteiger partial charge in [0.1, 0.15) is 0 Å². The topological polar surface area (TPSA) is 83.1 Å². The van der Waals surface area contributed by atoms with Crippen molar-refractivity contribution in [3.63, 3.8) is 0 Å². The van der Waals surface area contributed by atoms with Crippen molar-refractivity contribution in [1.82, 2.24) is 4.90 Å². The minimum Gasteiger partial charge on any atom is -0.325 e. The van der Waals surface area contributed by atoms with E-state index in [-0.39, 0.29) is 11.5 Å². The Bertz CT molecular complexity index is 570. The van der Waals surface area contributed by atoms with Crippen LogP contribution in [0.5, 0.6) is 0 Å². The van der Waals surface area contributed by atoms with Gasteiger partial charge in [0, 0.05) is 13.0 Å². The summed E-state index contributed by atoms with van der Waals surface area (Å²) in [6.07, 6.45) is 3.27. The van der Waals surface area contributed by atoms with E-state index in [0.717, 1.165) is 19.3 Å². The maximum absolute atomic E-state index is 12.3. The van der Waals surface area contributed by atoms with E-state index in [9.17, 15) is 14.4 Å². The molecule has 0 aromatic heterocycles. The van der Waals surface area contributed by atoms with Gasteiger partial charge in [-0.2, -0.15) is 0 Å². The number of nitrogens with one attached hydrogen (secondary N) is 1. The van der Waals surface area contributed by atoms with Crippen molar-refractivity contribution in [1.29, 1.82) is 0 Å². The highest BCUT2D eigenvalue weighted by Gasteiger charge is 2.23. The molecule has 0 fully saturated rings. The number of quaternary nitrogens is 1. The Morgan fingerprint density at radius 2 is 1.83 bits per heavy atom. The highest BCUT2D eigenvalue weighted by molar-refractivity contribution is 6.40. The molecule has 0 heterocycles. The van der Waals surface area contributed by atoms with Gasteiger partial charge >= 0.3 is 5.91 Å². The molecule has 24 heavy (non-hydrogen) atoms. The molecular weight excluding hydrogens is 306 g/mol. The number of likely N-dealkylation sites (N-methyl/N-ethyl adjacent to an activating group) is 1. The maximum Gasteiger partial charge on any atom is 0.383 e. The number of ketones is 1. The zero-order chi connectivity index (χ0) is 17.9. The Hall–Kier alpha value is -2.05. The van der Waals surface area contributed by atoms with Crippen LogP contribution in [0.4, 0.5) is 5.69 Å². The number of anilines is 1. The zero-order valence-corrected chi connectivity index (χ0v) is 14.8. The van der Waals surface area contributed by atoms with Gasteiger partial charge < -0.3 is 10.2 Å². The summed E-state index contributed by atoms with van der Waals surface area (Å²) in [6, 6.07) is 6.64. The fourth-order valence-corrected chi connectivity index (χ4v) is 2.22. The normalized spacial score (nSPS) is 10.7. The van der Waals surface area contributed by atoms with Gasteiger partial charge in [0.15, 0.2) is 0 Å². The number of para-hydroxylation sites is 1. The van der Waals surface area contributed by atoms with Crippen molar-refractivity contribution in [3.05, 3.63) is 29.8 Å². The number of carbonyl (C=O) groups is 3. The van der Waals surface area contributed by atoms with Gasteiger partial charge in [0.25, 0.3) is 5.78 Å². The molecule has 0 aliphatic heterocycles. The van der Waals surface area contributed by atoms with Crippen molar-refractivity contribution in [3.8, 4) is 0 Å². The summed E-state index contributed by atoms with van der Waals surface area (Å²) < 4.78 is 0. The molecule has 2 amide bonds.